The Kier molecular flexibility index (Phi) is 4.14. The number of hydrogen-bond acceptors (Lipinski definition) is 2. The Hall–Kier alpha value is -2.35. The highest BCUT2D eigenvalue weighted by Gasteiger charge is 2.13. The van der Waals surface area contributed by atoms with Gasteiger partial charge in [-0.15, -0.1) is 0 Å². The molecule has 2 aromatic carbocycles. The van der Waals surface area contributed by atoms with Crippen molar-refractivity contribution in [3.63, 3.8) is 0 Å². The van der Waals surface area contributed by atoms with Crippen LogP contribution in [0.5, 0.6) is 5.75 Å². The summed E-state index contributed by atoms with van der Waals surface area (Å²) in [6, 6.07) is 17.0. The third kappa shape index (κ3) is 3.10. The summed E-state index contributed by atoms with van der Waals surface area (Å²) < 4.78 is 5.20. The molecule has 0 fully saturated rings. The fourth-order valence-corrected chi connectivity index (χ4v) is 1.94. The van der Waals surface area contributed by atoms with Crippen molar-refractivity contribution < 1.29 is 9.53 Å². The van der Waals surface area contributed by atoms with Crippen molar-refractivity contribution in [2.45, 2.75) is 6.42 Å². The zero-order chi connectivity index (χ0) is 13.7. The lowest BCUT2D eigenvalue weighted by atomic mass is 9.98. The Morgan fingerprint density at radius 3 is 2.37 bits per heavy atom. The SMILES string of the molecule is C=C(CC(=O)c1ccccc1OC)c1ccccc1. The number of ether oxygens (including phenoxy) is 1. The maximum Gasteiger partial charge on any atom is 0.170 e. The number of carbonyl (C=O) groups excluding carboxylic acids is 1. The largest absolute Gasteiger partial charge is 0.496 e. The number of hydrogen-bond donors (Lipinski definition) is 0. The van der Waals surface area contributed by atoms with E-state index in [1.807, 2.05) is 42.5 Å². The predicted molar refractivity (Wildman–Crippen MR) is 77.4 cm³/mol. The van der Waals surface area contributed by atoms with Crippen LogP contribution in [0, 0.1) is 0 Å². The molecule has 0 radical (unpaired) electrons. The van der Waals surface area contributed by atoms with Crippen molar-refractivity contribution >= 4 is 11.4 Å². The molecule has 96 valence electrons. The number of rotatable bonds is 5. The van der Waals surface area contributed by atoms with Gasteiger partial charge in [0.15, 0.2) is 5.78 Å². The van der Waals surface area contributed by atoms with Crippen molar-refractivity contribution in [3.05, 3.63) is 72.3 Å². The van der Waals surface area contributed by atoms with E-state index < -0.39 is 0 Å². The first-order valence-corrected chi connectivity index (χ1v) is 6.12. The summed E-state index contributed by atoms with van der Waals surface area (Å²) in [4.78, 5) is 12.3. The number of carbonyl (C=O) groups is 1. The van der Waals surface area contributed by atoms with Crippen molar-refractivity contribution in [1.82, 2.24) is 0 Å². The molecule has 0 amide bonds. The van der Waals surface area contributed by atoms with E-state index in [1.54, 1.807) is 19.2 Å². The van der Waals surface area contributed by atoms with Crippen LogP contribution in [0.1, 0.15) is 22.3 Å². The average molecular weight is 252 g/mol. The Balaban J connectivity index is 2.16. The first kappa shape index (κ1) is 13.1. The molecule has 0 aliphatic rings. The van der Waals surface area contributed by atoms with Crippen LogP contribution in [0.3, 0.4) is 0 Å². The summed E-state index contributed by atoms with van der Waals surface area (Å²) in [6.07, 6.45) is 0.296. The van der Waals surface area contributed by atoms with Crippen LogP contribution in [-0.4, -0.2) is 12.9 Å². The van der Waals surface area contributed by atoms with Gasteiger partial charge >= 0.3 is 0 Å². The van der Waals surface area contributed by atoms with Gasteiger partial charge in [-0.25, -0.2) is 0 Å². The van der Waals surface area contributed by atoms with E-state index in [0.29, 0.717) is 17.7 Å². The maximum absolute atomic E-state index is 12.3. The molecule has 0 bridgehead atoms. The zero-order valence-electron chi connectivity index (χ0n) is 10.9. The first-order valence-electron chi connectivity index (χ1n) is 6.12. The molecule has 0 unspecified atom stereocenters. The average Bonchev–Trinajstić information content (AvgIpc) is 2.48. The zero-order valence-corrected chi connectivity index (χ0v) is 10.9. The molecule has 0 heterocycles. The van der Waals surface area contributed by atoms with Gasteiger partial charge in [0, 0.05) is 6.42 Å². The Labute approximate surface area is 113 Å². The molecular formula is C17H16O2. The summed E-state index contributed by atoms with van der Waals surface area (Å²) in [5, 5.41) is 0. The van der Waals surface area contributed by atoms with Gasteiger partial charge in [-0.2, -0.15) is 0 Å². The van der Waals surface area contributed by atoms with Crippen LogP contribution in [0.15, 0.2) is 61.2 Å². The van der Waals surface area contributed by atoms with E-state index in [4.69, 9.17) is 4.74 Å². The Bertz CT molecular complexity index is 585. The molecule has 0 aromatic heterocycles. The Morgan fingerprint density at radius 1 is 1.05 bits per heavy atom. The normalized spacial score (nSPS) is 9.95. The third-order valence-corrected chi connectivity index (χ3v) is 2.96. The third-order valence-electron chi connectivity index (χ3n) is 2.96. The topological polar surface area (TPSA) is 26.3 Å². The van der Waals surface area contributed by atoms with Crippen molar-refractivity contribution in [2.24, 2.45) is 0 Å². The molecule has 2 heteroatoms. The summed E-state index contributed by atoms with van der Waals surface area (Å²) in [5.74, 6) is 0.625. The fraction of sp³-hybridized carbons (Fsp3) is 0.118. The molecular weight excluding hydrogens is 236 g/mol. The van der Waals surface area contributed by atoms with E-state index in [2.05, 4.69) is 6.58 Å². The summed E-state index contributed by atoms with van der Waals surface area (Å²) in [5.41, 5.74) is 2.41. The van der Waals surface area contributed by atoms with Gasteiger partial charge in [0.2, 0.25) is 0 Å². The molecule has 2 nitrogen and oxygen atoms in total. The number of methoxy groups -OCH3 is 1. The summed E-state index contributed by atoms with van der Waals surface area (Å²) in [6.45, 7) is 3.98. The second-order valence-corrected chi connectivity index (χ2v) is 4.27. The van der Waals surface area contributed by atoms with Gasteiger partial charge in [-0.3, -0.25) is 4.79 Å². The molecule has 0 saturated heterocycles. The van der Waals surface area contributed by atoms with Crippen LogP contribution in [0.25, 0.3) is 5.57 Å². The summed E-state index contributed by atoms with van der Waals surface area (Å²) in [7, 11) is 1.57. The van der Waals surface area contributed by atoms with E-state index >= 15 is 0 Å². The van der Waals surface area contributed by atoms with Gasteiger partial charge in [0.25, 0.3) is 0 Å². The summed E-state index contributed by atoms with van der Waals surface area (Å²) >= 11 is 0. The minimum atomic E-state index is 0.0197. The van der Waals surface area contributed by atoms with Crippen LogP contribution in [-0.2, 0) is 0 Å². The number of ketones is 1. The Morgan fingerprint density at radius 2 is 1.68 bits per heavy atom. The lowest BCUT2D eigenvalue weighted by Gasteiger charge is -2.08. The molecule has 19 heavy (non-hydrogen) atoms. The molecule has 0 N–H and O–H groups in total. The maximum atomic E-state index is 12.3. The van der Waals surface area contributed by atoms with E-state index in [1.165, 1.54) is 0 Å². The van der Waals surface area contributed by atoms with Crippen LogP contribution >= 0.6 is 0 Å². The quantitative estimate of drug-likeness (QED) is 0.752. The second-order valence-electron chi connectivity index (χ2n) is 4.27. The van der Waals surface area contributed by atoms with Gasteiger partial charge in [0.05, 0.1) is 12.7 Å². The standard InChI is InChI=1S/C17H16O2/c1-13(14-8-4-3-5-9-14)12-16(18)15-10-6-7-11-17(15)19-2/h3-11H,1,12H2,2H3. The minimum Gasteiger partial charge on any atom is -0.496 e. The van der Waals surface area contributed by atoms with Crippen LogP contribution < -0.4 is 4.74 Å². The molecule has 0 atom stereocenters. The van der Waals surface area contributed by atoms with Gasteiger partial charge in [-0.1, -0.05) is 49.0 Å². The molecule has 0 saturated carbocycles. The van der Waals surface area contributed by atoms with Gasteiger partial charge in [-0.05, 0) is 23.3 Å². The predicted octanol–water partition coefficient (Wildman–Crippen LogP) is 3.98. The lowest BCUT2D eigenvalue weighted by molar-refractivity contribution is 0.0995. The van der Waals surface area contributed by atoms with Crippen LogP contribution in [0.2, 0.25) is 0 Å². The number of Topliss-reactive ketones (excluding diaryl/α,β-unsaturated/α-hetero) is 1. The molecule has 2 rings (SSSR count). The second kappa shape index (κ2) is 6.01. The molecule has 0 aliphatic heterocycles. The fourth-order valence-electron chi connectivity index (χ4n) is 1.94. The first-order chi connectivity index (χ1) is 9.22. The van der Waals surface area contributed by atoms with E-state index in [9.17, 15) is 4.79 Å². The highest BCUT2D eigenvalue weighted by molar-refractivity contribution is 6.04. The number of para-hydroxylation sites is 1. The van der Waals surface area contributed by atoms with E-state index in [0.717, 1.165) is 11.1 Å². The molecule has 0 aliphatic carbocycles. The van der Waals surface area contributed by atoms with E-state index in [-0.39, 0.29) is 5.78 Å². The smallest absolute Gasteiger partial charge is 0.170 e. The number of benzene rings is 2. The highest BCUT2D eigenvalue weighted by atomic mass is 16.5. The molecule has 0 spiro atoms. The van der Waals surface area contributed by atoms with Crippen molar-refractivity contribution in [2.75, 3.05) is 7.11 Å². The van der Waals surface area contributed by atoms with Crippen molar-refractivity contribution in [3.8, 4) is 5.75 Å². The van der Waals surface area contributed by atoms with Crippen molar-refractivity contribution in [1.29, 1.82) is 0 Å². The lowest BCUT2D eigenvalue weighted by Crippen LogP contribution is -2.02. The van der Waals surface area contributed by atoms with Gasteiger partial charge in [0.1, 0.15) is 5.75 Å². The minimum absolute atomic E-state index is 0.0197. The van der Waals surface area contributed by atoms with Crippen LogP contribution in [0.4, 0.5) is 0 Å². The van der Waals surface area contributed by atoms with Gasteiger partial charge < -0.3 is 4.74 Å². The number of allylic oxidation sites excluding steroid dienone is 1. The molecule has 2 aromatic rings. The monoisotopic (exact) mass is 252 g/mol. The highest BCUT2D eigenvalue weighted by Crippen LogP contribution is 2.23.